The molecule has 0 aromatic rings. The Hall–Kier alpha value is -0.880. The quantitative estimate of drug-likeness (QED) is 0.415. The first kappa shape index (κ1) is 10.1. The Kier molecular flexibility index (Phi) is 6.65. The van der Waals surface area contributed by atoms with Gasteiger partial charge < -0.3 is 0 Å². The molecule has 0 saturated carbocycles. The second-order valence-electron chi connectivity index (χ2n) is 2.75. The third-order valence-corrected chi connectivity index (χ3v) is 1.75. The van der Waals surface area contributed by atoms with E-state index < -0.39 is 0 Å². The molecule has 0 radical (unpaired) electrons. The molecule has 0 bridgehead atoms. The smallest absolute Gasteiger partial charge is 0.0200 e. The van der Waals surface area contributed by atoms with Crippen LogP contribution in [0.2, 0.25) is 0 Å². The van der Waals surface area contributed by atoms with Crippen molar-refractivity contribution in [3.05, 3.63) is 0 Å². The lowest BCUT2D eigenvalue weighted by molar-refractivity contribution is 0.537. The highest BCUT2D eigenvalue weighted by molar-refractivity contribution is 4.93. The van der Waals surface area contributed by atoms with Gasteiger partial charge in [0, 0.05) is 12.3 Å². The first-order valence-corrected chi connectivity index (χ1v) is 4.24. The van der Waals surface area contributed by atoms with Gasteiger partial charge in [-0.3, -0.25) is 0 Å². The Balaban J connectivity index is 3.39. The number of hydrogen-bond acceptors (Lipinski definition) is 0. The van der Waals surface area contributed by atoms with Crippen LogP contribution in [-0.2, 0) is 0 Å². The summed E-state index contributed by atoms with van der Waals surface area (Å²) < 4.78 is 0. The molecule has 0 heterocycles. The van der Waals surface area contributed by atoms with E-state index in [2.05, 4.69) is 18.8 Å². The van der Waals surface area contributed by atoms with Crippen LogP contribution in [0, 0.1) is 30.6 Å². The van der Waals surface area contributed by atoms with Gasteiger partial charge in [-0.05, 0) is 19.3 Å². The van der Waals surface area contributed by atoms with Gasteiger partial charge in [0.15, 0.2) is 0 Å². The summed E-state index contributed by atoms with van der Waals surface area (Å²) >= 11 is 0. The SMILES string of the molecule is C#CCCCC(C#C)CCC. The van der Waals surface area contributed by atoms with Crippen molar-refractivity contribution in [1.29, 1.82) is 0 Å². The van der Waals surface area contributed by atoms with E-state index in [1.54, 1.807) is 0 Å². The van der Waals surface area contributed by atoms with Crippen molar-refractivity contribution in [3.63, 3.8) is 0 Å². The van der Waals surface area contributed by atoms with Crippen LogP contribution >= 0.6 is 0 Å². The molecule has 11 heavy (non-hydrogen) atoms. The summed E-state index contributed by atoms with van der Waals surface area (Å²) in [6.07, 6.45) is 15.8. The fourth-order valence-electron chi connectivity index (χ4n) is 1.11. The number of unbranched alkanes of at least 4 members (excludes halogenated alkanes) is 1. The standard InChI is InChI=1S/C11H16/c1-4-7-8-10-11(6-3)9-5-2/h1,3,11H,5,7-10H2,2H3. The molecule has 0 aliphatic heterocycles. The Labute approximate surface area is 70.4 Å². The molecule has 0 spiro atoms. The lowest BCUT2D eigenvalue weighted by Gasteiger charge is -2.06. The molecule has 0 aromatic heterocycles. The lowest BCUT2D eigenvalue weighted by Crippen LogP contribution is -1.95. The van der Waals surface area contributed by atoms with Gasteiger partial charge in [-0.1, -0.05) is 13.3 Å². The van der Waals surface area contributed by atoms with E-state index in [9.17, 15) is 0 Å². The predicted octanol–water partition coefficient (Wildman–Crippen LogP) is 2.84. The van der Waals surface area contributed by atoms with Crippen LogP contribution in [0.25, 0.3) is 0 Å². The number of rotatable bonds is 5. The first-order chi connectivity index (χ1) is 5.35. The van der Waals surface area contributed by atoms with Crippen LogP contribution < -0.4 is 0 Å². The number of terminal acetylenes is 2. The Morgan fingerprint density at radius 1 is 1.27 bits per heavy atom. The zero-order valence-electron chi connectivity index (χ0n) is 7.27. The zero-order chi connectivity index (χ0) is 8.53. The molecular weight excluding hydrogens is 132 g/mol. The Bertz CT molecular complexity index is 154. The van der Waals surface area contributed by atoms with Gasteiger partial charge in [-0.25, -0.2) is 0 Å². The minimum Gasteiger partial charge on any atom is -0.120 e. The molecule has 0 heteroatoms. The molecule has 1 atom stereocenters. The molecule has 0 amide bonds. The molecule has 0 N–H and O–H groups in total. The van der Waals surface area contributed by atoms with Crippen LogP contribution in [0.1, 0.15) is 39.0 Å². The van der Waals surface area contributed by atoms with E-state index in [0.29, 0.717) is 5.92 Å². The molecule has 0 fully saturated rings. The molecule has 0 nitrogen and oxygen atoms in total. The van der Waals surface area contributed by atoms with E-state index in [1.165, 1.54) is 6.42 Å². The van der Waals surface area contributed by atoms with E-state index in [-0.39, 0.29) is 0 Å². The van der Waals surface area contributed by atoms with E-state index in [1.807, 2.05) is 0 Å². The molecule has 0 aromatic carbocycles. The highest BCUT2D eigenvalue weighted by atomic mass is 14.0. The van der Waals surface area contributed by atoms with Crippen molar-refractivity contribution < 1.29 is 0 Å². The highest BCUT2D eigenvalue weighted by Crippen LogP contribution is 2.12. The fourth-order valence-corrected chi connectivity index (χ4v) is 1.11. The Morgan fingerprint density at radius 3 is 2.45 bits per heavy atom. The van der Waals surface area contributed by atoms with Crippen molar-refractivity contribution in [1.82, 2.24) is 0 Å². The van der Waals surface area contributed by atoms with Gasteiger partial charge >= 0.3 is 0 Å². The van der Waals surface area contributed by atoms with Gasteiger partial charge in [0.05, 0.1) is 0 Å². The second-order valence-corrected chi connectivity index (χ2v) is 2.75. The van der Waals surface area contributed by atoms with Gasteiger partial charge in [0.25, 0.3) is 0 Å². The number of hydrogen-bond donors (Lipinski definition) is 0. The average molecular weight is 148 g/mol. The molecule has 0 rings (SSSR count). The van der Waals surface area contributed by atoms with Crippen LogP contribution in [0.4, 0.5) is 0 Å². The molecular formula is C11H16. The molecule has 0 aliphatic rings. The van der Waals surface area contributed by atoms with Gasteiger partial charge in [0.2, 0.25) is 0 Å². The summed E-state index contributed by atoms with van der Waals surface area (Å²) in [7, 11) is 0. The maximum Gasteiger partial charge on any atom is 0.0200 e. The van der Waals surface area contributed by atoms with E-state index in [0.717, 1.165) is 25.7 Å². The summed E-state index contributed by atoms with van der Waals surface area (Å²) in [5.74, 6) is 5.87. The second kappa shape index (κ2) is 7.23. The average Bonchev–Trinajstić information content (AvgIpc) is 2.03. The van der Waals surface area contributed by atoms with Gasteiger partial charge in [-0.15, -0.1) is 24.7 Å². The minimum absolute atomic E-state index is 0.452. The topological polar surface area (TPSA) is 0 Å². The third-order valence-electron chi connectivity index (χ3n) is 1.75. The summed E-state index contributed by atoms with van der Waals surface area (Å²) in [5, 5.41) is 0. The summed E-state index contributed by atoms with van der Waals surface area (Å²) in [4.78, 5) is 0. The van der Waals surface area contributed by atoms with Crippen molar-refractivity contribution >= 4 is 0 Å². The molecule has 1 unspecified atom stereocenters. The lowest BCUT2D eigenvalue weighted by atomic mass is 9.98. The largest absolute Gasteiger partial charge is 0.120 e. The molecule has 0 saturated heterocycles. The first-order valence-electron chi connectivity index (χ1n) is 4.24. The molecule has 0 aliphatic carbocycles. The highest BCUT2D eigenvalue weighted by Gasteiger charge is 2.01. The van der Waals surface area contributed by atoms with Crippen LogP contribution in [0.15, 0.2) is 0 Å². The van der Waals surface area contributed by atoms with Crippen molar-refractivity contribution in [3.8, 4) is 24.7 Å². The van der Waals surface area contributed by atoms with Gasteiger partial charge in [0.1, 0.15) is 0 Å². The molecule has 60 valence electrons. The zero-order valence-corrected chi connectivity index (χ0v) is 7.27. The van der Waals surface area contributed by atoms with Crippen molar-refractivity contribution in [2.24, 2.45) is 5.92 Å². The van der Waals surface area contributed by atoms with Crippen molar-refractivity contribution in [2.45, 2.75) is 39.0 Å². The normalized spacial score (nSPS) is 11.5. The fraction of sp³-hybridized carbons (Fsp3) is 0.636. The van der Waals surface area contributed by atoms with E-state index >= 15 is 0 Å². The monoisotopic (exact) mass is 148 g/mol. The van der Waals surface area contributed by atoms with Gasteiger partial charge in [-0.2, -0.15) is 0 Å². The maximum atomic E-state index is 5.34. The van der Waals surface area contributed by atoms with Crippen LogP contribution in [0.3, 0.4) is 0 Å². The van der Waals surface area contributed by atoms with Crippen LogP contribution in [-0.4, -0.2) is 0 Å². The third kappa shape index (κ3) is 5.56. The van der Waals surface area contributed by atoms with Crippen LogP contribution in [0.5, 0.6) is 0 Å². The predicted molar refractivity (Wildman–Crippen MR) is 49.9 cm³/mol. The summed E-state index contributed by atoms with van der Waals surface area (Å²) in [5.41, 5.74) is 0. The minimum atomic E-state index is 0.452. The maximum absolute atomic E-state index is 5.34. The van der Waals surface area contributed by atoms with Crippen molar-refractivity contribution in [2.75, 3.05) is 0 Å². The summed E-state index contributed by atoms with van der Waals surface area (Å²) in [6, 6.07) is 0. The summed E-state index contributed by atoms with van der Waals surface area (Å²) in [6.45, 7) is 2.16. The Morgan fingerprint density at radius 2 is 2.00 bits per heavy atom. The van der Waals surface area contributed by atoms with E-state index in [4.69, 9.17) is 12.8 Å².